The second kappa shape index (κ2) is 11.1. The van der Waals surface area contributed by atoms with Crippen molar-refractivity contribution < 1.29 is 0 Å². The van der Waals surface area contributed by atoms with Crippen LogP contribution in [0.2, 0.25) is 0 Å². The van der Waals surface area contributed by atoms with Gasteiger partial charge in [-0.25, -0.2) is 9.69 Å². The van der Waals surface area contributed by atoms with Gasteiger partial charge in [-0.05, 0) is 109 Å². The molecule has 2 atom stereocenters. The number of aromatic nitrogens is 3. The Morgan fingerprint density at radius 3 is 1.12 bits per heavy atom. The van der Waals surface area contributed by atoms with Crippen LogP contribution in [0.1, 0.15) is 72.7 Å². The Morgan fingerprint density at radius 2 is 0.766 bits per heavy atom. The lowest BCUT2D eigenvalue weighted by atomic mass is 9.55. The fourth-order valence-electron chi connectivity index (χ4n) is 13.2. The molecule has 3 aromatic heterocycles. The first kappa shape index (κ1) is 33.7. The van der Waals surface area contributed by atoms with Crippen LogP contribution in [0.15, 0.2) is 164 Å². The Bertz CT molecular complexity index is 3410. The molecule has 0 amide bonds. The number of benzene rings is 6. The van der Waals surface area contributed by atoms with Crippen LogP contribution in [-0.4, -0.2) is 15.0 Å². The third kappa shape index (κ3) is 3.35. The molecule has 0 N–H and O–H groups in total. The zero-order valence-corrected chi connectivity index (χ0v) is 33.7. The molecule has 3 aliphatic carbocycles. The lowest BCUT2D eigenvalue weighted by molar-refractivity contribution is 0.650. The van der Waals surface area contributed by atoms with Crippen molar-refractivity contribution in [2.45, 2.75) is 16.2 Å². The van der Waals surface area contributed by atoms with Gasteiger partial charge in [-0.2, -0.15) is 5.26 Å². The van der Waals surface area contributed by atoms with Gasteiger partial charge in [0.15, 0.2) is 11.4 Å². The molecule has 0 fully saturated rings. The van der Waals surface area contributed by atoms with Crippen LogP contribution in [0, 0.1) is 24.5 Å². The van der Waals surface area contributed by atoms with Crippen molar-refractivity contribution in [3.05, 3.63) is 260 Å². The van der Waals surface area contributed by atoms with E-state index >= 15 is 0 Å². The van der Waals surface area contributed by atoms with Crippen molar-refractivity contribution in [3.8, 4) is 39.4 Å². The van der Waals surface area contributed by atoms with E-state index in [4.69, 9.17) is 28.1 Å². The van der Waals surface area contributed by atoms with E-state index in [-0.39, 0.29) is 0 Å². The molecule has 6 aliphatic rings. The van der Waals surface area contributed by atoms with E-state index in [2.05, 4.69) is 112 Å². The van der Waals surface area contributed by atoms with E-state index in [9.17, 15) is 5.26 Å². The molecule has 2 unspecified atom stereocenters. The number of rotatable bonds is 0. The van der Waals surface area contributed by atoms with E-state index in [0.29, 0.717) is 16.9 Å². The van der Waals surface area contributed by atoms with Gasteiger partial charge >= 0.3 is 0 Å². The first-order valence-electron chi connectivity index (χ1n) is 21.3. The minimum absolute atomic E-state index is 0.579. The summed E-state index contributed by atoms with van der Waals surface area (Å²) in [7, 11) is 0. The highest BCUT2D eigenvalue weighted by molar-refractivity contribution is 6.07. The van der Waals surface area contributed by atoms with Gasteiger partial charge in [0.25, 0.3) is 0 Å². The topological polar surface area (TPSA) is 74.4 Å². The van der Waals surface area contributed by atoms with Crippen molar-refractivity contribution in [1.29, 1.82) is 5.26 Å². The molecule has 0 saturated carbocycles. The molecule has 0 radical (unpaired) electrons. The Morgan fingerprint density at radius 1 is 0.406 bits per heavy atom. The molecular weight excluding hydrogens is 783 g/mol. The first-order valence-corrected chi connectivity index (χ1v) is 21.3. The van der Waals surface area contributed by atoms with Crippen LogP contribution < -0.4 is 4.90 Å². The number of fused-ring (bicyclic) bond motifs is 21. The summed E-state index contributed by atoms with van der Waals surface area (Å²) in [6, 6.07) is 53.6. The van der Waals surface area contributed by atoms with Crippen molar-refractivity contribution in [3.63, 3.8) is 0 Å². The number of hydrogen-bond donors (Lipinski definition) is 0. The summed E-state index contributed by atoms with van der Waals surface area (Å²) in [5.74, 6) is 0. The lowest BCUT2D eigenvalue weighted by Gasteiger charge is -2.56. The number of anilines is 3. The van der Waals surface area contributed by atoms with Crippen LogP contribution in [-0.2, 0) is 16.2 Å². The predicted octanol–water partition coefficient (Wildman–Crippen LogP) is 12.3. The number of nitrogens with zero attached hydrogens (tertiary/aromatic N) is 7. The second-order valence-electron chi connectivity index (χ2n) is 17.4. The zero-order valence-electron chi connectivity index (χ0n) is 33.7. The van der Waals surface area contributed by atoms with Crippen LogP contribution in [0.4, 0.5) is 28.4 Å². The monoisotopic (exact) mass is 809 g/mol. The average molecular weight is 810 g/mol. The van der Waals surface area contributed by atoms with Crippen LogP contribution in [0.5, 0.6) is 0 Å². The van der Waals surface area contributed by atoms with Gasteiger partial charge in [0.2, 0.25) is 0 Å². The highest BCUT2D eigenvalue weighted by Gasteiger charge is 2.64. The minimum atomic E-state index is -0.899. The summed E-state index contributed by atoms with van der Waals surface area (Å²) in [5.41, 5.74) is 21.0. The zero-order chi connectivity index (χ0) is 42.3. The maximum atomic E-state index is 10.3. The fourth-order valence-corrected chi connectivity index (χ4v) is 13.2. The minimum Gasteiger partial charge on any atom is -0.308 e. The molecule has 7 heteroatoms. The van der Waals surface area contributed by atoms with E-state index in [1.807, 2.05) is 73.2 Å². The molecule has 3 aliphatic heterocycles. The number of hydrogen-bond acceptors (Lipinski definition) is 5. The van der Waals surface area contributed by atoms with Gasteiger partial charge in [-0.1, -0.05) is 103 Å². The molecule has 0 bridgehead atoms. The van der Waals surface area contributed by atoms with E-state index in [1.54, 1.807) is 0 Å². The van der Waals surface area contributed by atoms with Gasteiger partial charge in [0.05, 0.1) is 75.2 Å². The largest absolute Gasteiger partial charge is 0.308 e. The smallest absolute Gasteiger partial charge is 0.187 e. The van der Waals surface area contributed by atoms with E-state index in [0.717, 1.165) is 118 Å². The quantitative estimate of drug-likeness (QED) is 0.143. The molecule has 7 nitrogen and oxygen atoms in total. The van der Waals surface area contributed by atoms with Gasteiger partial charge in [-0.3, -0.25) is 15.0 Å². The summed E-state index contributed by atoms with van der Waals surface area (Å²) in [6.07, 6.45) is 5.70. The molecule has 64 heavy (non-hydrogen) atoms. The lowest BCUT2D eigenvalue weighted by Crippen LogP contribution is -2.48. The first-order chi connectivity index (χ1) is 31.6. The summed E-state index contributed by atoms with van der Waals surface area (Å²) < 4.78 is 0. The van der Waals surface area contributed by atoms with Crippen LogP contribution in [0.3, 0.4) is 0 Å². The highest BCUT2D eigenvalue weighted by Crippen LogP contribution is 2.75. The Kier molecular flexibility index (Phi) is 5.85. The van der Waals surface area contributed by atoms with Crippen LogP contribution in [0.25, 0.3) is 43.1 Å². The van der Waals surface area contributed by atoms with Gasteiger partial charge < -0.3 is 4.90 Å². The predicted molar refractivity (Wildman–Crippen MR) is 244 cm³/mol. The molecule has 0 saturated heterocycles. The number of para-hydroxylation sites is 3. The number of nitriles is 1. The van der Waals surface area contributed by atoms with E-state index in [1.165, 1.54) is 0 Å². The maximum Gasteiger partial charge on any atom is 0.187 e. The Balaban J connectivity index is 1.21. The summed E-state index contributed by atoms with van der Waals surface area (Å²) >= 11 is 0. The molecule has 15 rings (SSSR count). The third-order valence-electron chi connectivity index (χ3n) is 15.2. The summed E-state index contributed by atoms with van der Waals surface area (Å²) in [4.78, 5) is 26.5. The third-order valence-corrected chi connectivity index (χ3v) is 15.2. The van der Waals surface area contributed by atoms with Crippen molar-refractivity contribution >= 4 is 28.4 Å². The molecule has 3 spiro atoms. The van der Waals surface area contributed by atoms with Gasteiger partial charge in [0.1, 0.15) is 0 Å². The van der Waals surface area contributed by atoms with Gasteiger partial charge in [-0.15, -0.1) is 0 Å². The average Bonchev–Trinajstić information content (AvgIpc) is 3.93. The normalized spacial score (nSPS) is 20.3. The molecular formula is C57H27N7. The second-order valence-corrected chi connectivity index (χ2v) is 17.4. The van der Waals surface area contributed by atoms with Gasteiger partial charge in [0, 0.05) is 35.3 Å². The molecule has 6 aromatic carbocycles. The van der Waals surface area contributed by atoms with Crippen molar-refractivity contribution in [2.75, 3.05) is 4.90 Å². The SMILES string of the molecule is [C-]#[N+]c1ccc2c(c1)-c1cccnc1C21c2cccc3c2N2c4c(cccc4C4(c5ccc([N+]#[C-])cc5-c5cccnc54)c4cccc1c42)C31c2ccc(C#N)cc2-c2cccnc21. The summed E-state index contributed by atoms with van der Waals surface area (Å²) in [5, 5.41) is 10.3. The number of pyridine rings is 3. The standard InChI is InChI=1S/C57H27N7/c1-59-32-19-22-41-38(28-32)35-10-7-25-62-53(35)56(41)45-14-3-12-43-49(45)64-50-44(55(43)40-21-18-31(30-58)27-37(40)34-9-6-24-61-52(34)55)13-4-15-46(50)57(48-17-5-16-47(56)51(48)64)42-23-20-33(60-2)29-39(42)36-11-8-26-63-54(36)57/h3-29H. The van der Waals surface area contributed by atoms with E-state index < -0.39 is 16.2 Å². The Labute approximate surface area is 367 Å². The fraction of sp³-hybridized carbons (Fsp3) is 0.0526. The molecule has 290 valence electrons. The summed E-state index contributed by atoms with van der Waals surface area (Å²) in [6.45, 7) is 16.2. The van der Waals surface area contributed by atoms with Crippen molar-refractivity contribution in [2.24, 2.45) is 0 Å². The molecule has 9 aromatic rings. The highest BCUT2D eigenvalue weighted by atomic mass is 15.2. The van der Waals surface area contributed by atoms with Crippen molar-refractivity contribution in [1.82, 2.24) is 15.0 Å². The Hall–Kier alpha value is -8.96. The maximum absolute atomic E-state index is 10.3. The molecule has 6 heterocycles. The van der Waals surface area contributed by atoms with Crippen LogP contribution >= 0.6 is 0 Å².